The largest absolute Gasteiger partial charge is 0.487 e. The van der Waals surface area contributed by atoms with E-state index in [0.717, 1.165) is 38.1 Å². The lowest BCUT2D eigenvalue weighted by Crippen LogP contribution is -2.28. The van der Waals surface area contributed by atoms with Gasteiger partial charge in [-0.2, -0.15) is 0 Å². The Morgan fingerprint density at radius 1 is 1.04 bits per heavy atom. The molecule has 2 aromatic heterocycles. The van der Waals surface area contributed by atoms with E-state index in [1.807, 2.05) is 54.6 Å². The first-order valence-electron chi connectivity index (χ1n) is 14.4. The van der Waals surface area contributed by atoms with Crippen molar-refractivity contribution in [3.63, 3.8) is 0 Å². The Hall–Kier alpha value is -4.28. The maximum Gasteiger partial charge on any atom is 0.309 e. The summed E-state index contributed by atoms with van der Waals surface area (Å²) in [6, 6.07) is 22.6. The molecule has 0 radical (unpaired) electrons. The molecule has 9 nitrogen and oxygen atoms in total. The summed E-state index contributed by atoms with van der Waals surface area (Å²) in [5.41, 5.74) is 3.06. The molecule has 5 aromatic rings. The van der Waals surface area contributed by atoms with Gasteiger partial charge < -0.3 is 14.4 Å². The van der Waals surface area contributed by atoms with Gasteiger partial charge in [-0.25, -0.2) is 4.98 Å². The number of benzene rings is 3. The molecule has 234 valence electrons. The van der Waals surface area contributed by atoms with Crippen LogP contribution in [0.3, 0.4) is 0 Å². The number of para-hydroxylation sites is 1. The van der Waals surface area contributed by atoms with Crippen molar-refractivity contribution in [2.45, 2.75) is 63.8 Å². The maximum atomic E-state index is 12.3. The fraction of sp³-hybridized carbons (Fsp3) is 0.294. The molecule has 11 heteroatoms. The van der Waals surface area contributed by atoms with E-state index in [9.17, 15) is 20.0 Å². The van der Waals surface area contributed by atoms with Gasteiger partial charge in [0.05, 0.1) is 21.6 Å². The monoisotopic (exact) mass is 647 g/mol. The van der Waals surface area contributed by atoms with Crippen molar-refractivity contribution in [1.82, 2.24) is 9.55 Å². The summed E-state index contributed by atoms with van der Waals surface area (Å²) in [5.74, 6) is -0.320. The molecule has 1 N–H and O–H groups in total. The molecule has 2 heterocycles. The van der Waals surface area contributed by atoms with Crippen molar-refractivity contribution in [1.29, 1.82) is 0 Å². The highest BCUT2D eigenvalue weighted by atomic mass is 35.5. The zero-order chi connectivity index (χ0) is 32.5. The number of thioether (sulfide) groups is 1. The quantitative estimate of drug-likeness (QED) is 0.0860. The van der Waals surface area contributed by atoms with Gasteiger partial charge in [-0.3, -0.25) is 9.63 Å². The molecular weight excluding hydrogens is 614 g/mol. The molecule has 0 fully saturated rings. The minimum absolute atomic E-state index is 0.0645. The van der Waals surface area contributed by atoms with Crippen LogP contribution in [0.1, 0.15) is 51.6 Å². The first kappa shape index (κ1) is 32.1. The van der Waals surface area contributed by atoms with Crippen molar-refractivity contribution < 1.29 is 24.6 Å². The number of ether oxygens (including phenoxy) is 1. The number of carboxylic acids is 1. The summed E-state index contributed by atoms with van der Waals surface area (Å²) in [7, 11) is 0. The molecule has 45 heavy (non-hydrogen) atoms. The van der Waals surface area contributed by atoms with Crippen molar-refractivity contribution >= 4 is 51.1 Å². The van der Waals surface area contributed by atoms with Crippen LogP contribution in [-0.2, 0) is 24.4 Å². The second kappa shape index (κ2) is 12.6. The van der Waals surface area contributed by atoms with E-state index >= 15 is 0 Å². The Kier molecular flexibility index (Phi) is 9.00. The highest BCUT2D eigenvalue weighted by Gasteiger charge is 2.33. The van der Waals surface area contributed by atoms with E-state index in [1.165, 1.54) is 6.07 Å². The molecule has 0 amide bonds. The van der Waals surface area contributed by atoms with Gasteiger partial charge in [0, 0.05) is 44.6 Å². The number of carbonyl (C=O) groups is 1. The van der Waals surface area contributed by atoms with E-state index in [0.29, 0.717) is 17.9 Å². The van der Waals surface area contributed by atoms with E-state index in [2.05, 4.69) is 25.3 Å². The van der Waals surface area contributed by atoms with Crippen LogP contribution in [0.5, 0.6) is 11.5 Å². The van der Waals surface area contributed by atoms with Gasteiger partial charge >= 0.3 is 5.97 Å². The molecule has 0 bridgehead atoms. The van der Waals surface area contributed by atoms with Gasteiger partial charge in [-0.05, 0) is 61.9 Å². The SMILES string of the molecule is CC(C)(C)Sc1c(CC(C)(C)C(=O)O)n(Cc2ccc(Cl)c(O[N+](=O)[O-])c2)c2ccc(OCc3ccc4ccccc4n3)cc12. The van der Waals surface area contributed by atoms with Crippen LogP contribution in [0, 0.1) is 15.5 Å². The molecule has 0 saturated carbocycles. The van der Waals surface area contributed by atoms with E-state index in [4.69, 9.17) is 26.2 Å². The number of hydrogen-bond acceptors (Lipinski definition) is 7. The third-order valence-electron chi connectivity index (χ3n) is 7.24. The van der Waals surface area contributed by atoms with Gasteiger partial charge in [0.1, 0.15) is 18.1 Å². The second-order valence-electron chi connectivity index (χ2n) is 12.5. The topological polar surface area (TPSA) is 117 Å². The van der Waals surface area contributed by atoms with Crippen LogP contribution >= 0.6 is 23.4 Å². The molecule has 0 aliphatic carbocycles. The van der Waals surface area contributed by atoms with E-state index in [1.54, 1.807) is 37.7 Å². The smallest absolute Gasteiger partial charge is 0.309 e. The second-order valence-corrected chi connectivity index (χ2v) is 14.7. The molecular formula is C34H34ClN3O6S. The average molecular weight is 648 g/mol. The van der Waals surface area contributed by atoms with Gasteiger partial charge in [-0.1, -0.05) is 62.7 Å². The first-order valence-corrected chi connectivity index (χ1v) is 15.6. The lowest BCUT2D eigenvalue weighted by molar-refractivity contribution is -0.711. The molecule has 5 rings (SSSR count). The molecule has 0 saturated heterocycles. The standard InChI is InChI=1S/C34H34ClN3O6S/c1-33(2,3)45-31-25-17-24(43-20-23-12-11-22-8-6-7-9-27(22)36-23)13-15-28(25)37(29(31)18-34(4,5)32(39)40)19-21-10-14-26(35)30(16-21)44-38(41)42/h6-17H,18-20H2,1-5H3,(H,39,40). The fourth-order valence-electron chi connectivity index (χ4n) is 5.04. The van der Waals surface area contributed by atoms with E-state index in [-0.39, 0.29) is 28.5 Å². The third-order valence-corrected chi connectivity index (χ3v) is 8.82. The van der Waals surface area contributed by atoms with Gasteiger partial charge in [0.25, 0.3) is 5.09 Å². The van der Waals surface area contributed by atoms with Gasteiger partial charge in [-0.15, -0.1) is 21.9 Å². The van der Waals surface area contributed by atoms with Crippen molar-refractivity contribution in [3.8, 4) is 11.5 Å². The number of pyridine rings is 1. The zero-order valence-corrected chi connectivity index (χ0v) is 27.2. The van der Waals surface area contributed by atoms with Crippen LogP contribution < -0.4 is 9.57 Å². The summed E-state index contributed by atoms with van der Waals surface area (Å²) in [6.45, 7) is 10.3. The van der Waals surface area contributed by atoms with Crippen LogP contribution in [0.25, 0.3) is 21.8 Å². The Bertz CT molecular complexity index is 1910. The number of aromatic nitrogens is 2. The zero-order valence-electron chi connectivity index (χ0n) is 25.7. The lowest BCUT2D eigenvalue weighted by Gasteiger charge is -2.24. The van der Waals surface area contributed by atoms with Crippen molar-refractivity contribution in [2.75, 3.05) is 0 Å². The lowest BCUT2D eigenvalue weighted by atomic mass is 9.88. The number of nitrogens with zero attached hydrogens (tertiary/aromatic N) is 3. The minimum Gasteiger partial charge on any atom is -0.487 e. The highest BCUT2D eigenvalue weighted by molar-refractivity contribution is 8.00. The minimum atomic E-state index is -1.07. The number of hydrogen-bond donors (Lipinski definition) is 1. The molecule has 3 aromatic carbocycles. The molecule has 0 aliphatic heterocycles. The number of carboxylic acid groups (broad SMARTS) is 1. The fourth-order valence-corrected chi connectivity index (χ4v) is 6.38. The van der Waals surface area contributed by atoms with Crippen LogP contribution in [0.15, 0.2) is 77.7 Å². The Morgan fingerprint density at radius 3 is 2.51 bits per heavy atom. The summed E-state index contributed by atoms with van der Waals surface area (Å²) in [4.78, 5) is 33.7. The average Bonchev–Trinajstić information content (AvgIpc) is 3.22. The summed E-state index contributed by atoms with van der Waals surface area (Å²) in [5, 5.41) is 22.3. The molecule has 0 atom stereocenters. The normalized spacial score (nSPS) is 12.0. The van der Waals surface area contributed by atoms with Gasteiger partial charge in [0.2, 0.25) is 0 Å². The van der Waals surface area contributed by atoms with E-state index < -0.39 is 16.5 Å². The number of halogens is 1. The number of aliphatic carboxylic acids is 1. The summed E-state index contributed by atoms with van der Waals surface area (Å²) >= 11 is 7.83. The molecule has 0 spiro atoms. The summed E-state index contributed by atoms with van der Waals surface area (Å²) in [6.07, 6.45) is 0.248. The molecule has 0 aliphatic rings. The molecule has 0 unspecified atom stereocenters. The third kappa shape index (κ3) is 7.51. The number of fused-ring (bicyclic) bond motifs is 2. The summed E-state index contributed by atoms with van der Waals surface area (Å²) < 4.78 is 8.11. The predicted octanol–water partition coefficient (Wildman–Crippen LogP) is 8.58. The van der Waals surface area contributed by atoms with Gasteiger partial charge in [0.15, 0.2) is 0 Å². The highest BCUT2D eigenvalue weighted by Crippen LogP contribution is 2.44. The van der Waals surface area contributed by atoms with Crippen molar-refractivity contribution in [2.24, 2.45) is 5.41 Å². The van der Waals surface area contributed by atoms with Crippen LogP contribution in [0.4, 0.5) is 0 Å². The maximum absolute atomic E-state index is 12.3. The first-order chi connectivity index (χ1) is 21.2. The Balaban J connectivity index is 1.60. The van der Waals surface area contributed by atoms with Crippen molar-refractivity contribution in [3.05, 3.63) is 105 Å². The number of rotatable bonds is 11. The van der Waals surface area contributed by atoms with Crippen LogP contribution in [0.2, 0.25) is 5.02 Å². The Labute approximate surface area is 270 Å². The Morgan fingerprint density at radius 2 is 1.80 bits per heavy atom. The predicted molar refractivity (Wildman–Crippen MR) is 177 cm³/mol. The van der Waals surface area contributed by atoms with Crippen LogP contribution in [-0.4, -0.2) is 30.5 Å².